The number of aliphatic imine (C=N–C) groups is 1. The fourth-order valence-electron chi connectivity index (χ4n) is 2.44. The molecule has 1 N–H and O–H groups in total. The lowest BCUT2D eigenvalue weighted by atomic mass is 10.2. The van der Waals surface area contributed by atoms with Crippen LogP contribution in [0.4, 0.5) is 5.69 Å². The van der Waals surface area contributed by atoms with E-state index in [2.05, 4.69) is 26.2 Å². The van der Waals surface area contributed by atoms with Gasteiger partial charge >= 0.3 is 0 Å². The smallest absolute Gasteiger partial charge is 0.274 e. The molecule has 0 unspecified atom stereocenters. The van der Waals surface area contributed by atoms with E-state index in [-0.39, 0.29) is 10.6 Å². The second kappa shape index (κ2) is 7.96. The first-order chi connectivity index (χ1) is 11.4. The van der Waals surface area contributed by atoms with Crippen LogP contribution < -0.4 is 5.32 Å². The van der Waals surface area contributed by atoms with Crippen LogP contribution in [0.3, 0.4) is 0 Å². The first kappa shape index (κ1) is 18.0. The fraction of sp³-hybridized carbons (Fsp3) is 0.312. The SMILES string of the molecule is CN=C(NCc1ccccc1[N+](=O)[O-])N(C)Cc1cc(Br)cn1C. The minimum absolute atomic E-state index is 0.106. The molecule has 2 rings (SSSR count). The number of nitrogens with one attached hydrogen (secondary N) is 1. The fourth-order valence-corrected chi connectivity index (χ4v) is 3.01. The highest BCUT2D eigenvalue weighted by Gasteiger charge is 2.14. The van der Waals surface area contributed by atoms with Crippen LogP contribution in [0.2, 0.25) is 0 Å². The number of hydrogen-bond acceptors (Lipinski definition) is 3. The predicted molar refractivity (Wildman–Crippen MR) is 97.9 cm³/mol. The van der Waals surface area contributed by atoms with Crippen molar-refractivity contribution in [3.8, 4) is 0 Å². The quantitative estimate of drug-likeness (QED) is 0.366. The van der Waals surface area contributed by atoms with Gasteiger partial charge in [-0.1, -0.05) is 18.2 Å². The number of nitro benzene ring substituents is 1. The Hall–Kier alpha value is -2.35. The van der Waals surface area contributed by atoms with Crippen molar-refractivity contribution >= 4 is 27.6 Å². The first-order valence-corrected chi connectivity index (χ1v) is 8.16. The van der Waals surface area contributed by atoms with Crippen LogP contribution in [0.15, 0.2) is 46.0 Å². The van der Waals surface area contributed by atoms with Crippen LogP contribution >= 0.6 is 15.9 Å². The standard InChI is InChI=1S/C16H20BrN5O2/c1-18-16(21(3)11-14-8-13(17)10-20(14)2)19-9-12-6-4-5-7-15(12)22(23)24/h4-8,10H,9,11H2,1-3H3,(H,18,19). The normalized spacial score (nSPS) is 11.4. The van der Waals surface area contributed by atoms with Gasteiger partial charge in [0.05, 0.1) is 11.5 Å². The maximum Gasteiger partial charge on any atom is 0.274 e. The molecule has 8 heteroatoms. The molecule has 0 saturated heterocycles. The summed E-state index contributed by atoms with van der Waals surface area (Å²) in [5.74, 6) is 0.672. The lowest BCUT2D eigenvalue weighted by molar-refractivity contribution is -0.385. The first-order valence-electron chi connectivity index (χ1n) is 7.37. The number of rotatable bonds is 5. The summed E-state index contributed by atoms with van der Waals surface area (Å²) < 4.78 is 3.06. The van der Waals surface area contributed by atoms with E-state index in [1.807, 2.05) is 35.8 Å². The van der Waals surface area contributed by atoms with Crippen LogP contribution in [0.25, 0.3) is 0 Å². The zero-order valence-corrected chi connectivity index (χ0v) is 15.4. The van der Waals surface area contributed by atoms with Crippen molar-refractivity contribution in [2.75, 3.05) is 14.1 Å². The van der Waals surface area contributed by atoms with Gasteiger partial charge in [0.1, 0.15) is 0 Å². The second-order valence-corrected chi connectivity index (χ2v) is 6.32. The van der Waals surface area contributed by atoms with Gasteiger partial charge in [0.15, 0.2) is 5.96 Å². The summed E-state index contributed by atoms with van der Waals surface area (Å²) >= 11 is 3.46. The molecule has 0 atom stereocenters. The number of aryl methyl sites for hydroxylation is 1. The lowest BCUT2D eigenvalue weighted by Gasteiger charge is -2.22. The van der Waals surface area contributed by atoms with Gasteiger partial charge < -0.3 is 14.8 Å². The molecule has 0 bridgehead atoms. The van der Waals surface area contributed by atoms with Gasteiger partial charge in [0.2, 0.25) is 0 Å². The molecule has 128 valence electrons. The average molecular weight is 394 g/mol. The Morgan fingerprint density at radius 1 is 1.46 bits per heavy atom. The van der Waals surface area contributed by atoms with Crippen molar-refractivity contribution in [3.05, 3.63) is 62.4 Å². The number of hydrogen-bond donors (Lipinski definition) is 1. The van der Waals surface area contributed by atoms with Crippen LogP contribution in [-0.4, -0.2) is 34.4 Å². The van der Waals surface area contributed by atoms with Gasteiger partial charge in [-0.2, -0.15) is 0 Å². The second-order valence-electron chi connectivity index (χ2n) is 5.40. The largest absolute Gasteiger partial charge is 0.352 e. The van der Waals surface area contributed by atoms with E-state index in [4.69, 9.17) is 0 Å². The Morgan fingerprint density at radius 2 is 2.17 bits per heavy atom. The molecule has 24 heavy (non-hydrogen) atoms. The summed E-state index contributed by atoms with van der Waals surface area (Å²) in [5, 5.41) is 14.3. The maximum atomic E-state index is 11.1. The molecule has 2 aromatic rings. The van der Waals surface area contributed by atoms with E-state index in [9.17, 15) is 10.1 Å². The molecule has 0 saturated carbocycles. The van der Waals surface area contributed by atoms with Crippen molar-refractivity contribution in [1.82, 2.24) is 14.8 Å². The molecule has 1 aromatic heterocycles. The van der Waals surface area contributed by atoms with E-state index in [0.29, 0.717) is 24.6 Å². The van der Waals surface area contributed by atoms with Crippen molar-refractivity contribution in [2.24, 2.45) is 12.0 Å². The third-order valence-corrected chi connectivity index (χ3v) is 4.11. The lowest BCUT2D eigenvalue weighted by Crippen LogP contribution is -2.38. The number of para-hydroxylation sites is 1. The zero-order chi connectivity index (χ0) is 17.7. The van der Waals surface area contributed by atoms with Gasteiger partial charge in [-0.05, 0) is 22.0 Å². The number of halogens is 1. The summed E-state index contributed by atoms with van der Waals surface area (Å²) in [4.78, 5) is 16.9. The van der Waals surface area contributed by atoms with Crippen LogP contribution in [0, 0.1) is 10.1 Å². The van der Waals surface area contributed by atoms with Gasteiger partial charge in [-0.3, -0.25) is 15.1 Å². The van der Waals surface area contributed by atoms with Crippen molar-refractivity contribution in [1.29, 1.82) is 0 Å². The Balaban J connectivity index is 2.05. The molecule has 0 spiro atoms. The molecular formula is C16H20BrN5O2. The third kappa shape index (κ3) is 4.35. The van der Waals surface area contributed by atoms with Crippen molar-refractivity contribution in [3.63, 3.8) is 0 Å². The highest BCUT2D eigenvalue weighted by atomic mass is 79.9. The summed E-state index contributed by atoms with van der Waals surface area (Å²) in [6.45, 7) is 1.00. The van der Waals surface area contributed by atoms with E-state index in [1.54, 1.807) is 25.2 Å². The van der Waals surface area contributed by atoms with E-state index in [1.165, 1.54) is 6.07 Å². The van der Waals surface area contributed by atoms with Gasteiger partial charge in [-0.25, -0.2) is 0 Å². The highest BCUT2D eigenvalue weighted by Crippen LogP contribution is 2.18. The minimum Gasteiger partial charge on any atom is -0.352 e. The van der Waals surface area contributed by atoms with E-state index < -0.39 is 0 Å². The molecule has 1 heterocycles. The molecule has 0 aliphatic heterocycles. The molecule has 0 radical (unpaired) electrons. The molecule has 0 amide bonds. The number of nitrogens with zero attached hydrogens (tertiary/aromatic N) is 4. The average Bonchev–Trinajstić information content (AvgIpc) is 2.85. The van der Waals surface area contributed by atoms with Gasteiger partial charge in [0, 0.05) is 55.7 Å². The van der Waals surface area contributed by atoms with E-state index in [0.717, 1.165) is 10.2 Å². The molecule has 0 fully saturated rings. The van der Waals surface area contributed by atoms with Gasteiger partial charge in [0.25, 0.3) is 5.69 Å². The number of aromatic nitrogens is 1. The zero-order valence-electron chi connectivity index (χ0n) is 13.9. The Bertz CT molecular complexity index is 757. The maximum absolute atomic E-state index is 11.1. The minimum atomic E-state index is -0.370. The summed E-state index contributed by atoms with van der Waals surface area (Å²) in [6, 6.07) is 8.75. The number of nitro groups is 1. The monoisotopic (exact) mass is 393 g/mol. The van der Waals surface area contributed by atoms with Crippen molar-refractivity contribution in [2.45, 2.75) is 13.1 Å². The molecule has 0 aliphatic rings. The number of guanidine groups is 1. The topological polar surface area (TPSA) is 75.7 Å². The number of benzene rings is 1. The van der Waals surface area contributed by atoms with Crippen molar-refractivity contribution < 1.29 is 4.92 Å². The summed E-state index contributed by atoms with van der Waals surface area (Å²) in [5.41, 5.74) is 1.85. The predicted octanol–water partition coefficient (Wildman–Crippen LogP) is 2.90. The van der Waals surface area contributed by atoms with Crippen LogP contribution in [0.1, 0.15) is 11.3 Å². The van der Waals surface area contributed by atoms with Crippen LogP contribution in [-0.2, 0) is 20.1 Å². The Labute approximate surface area is 149 Å². The molecule has 1 aromatic carbocycles. The third-order valence-electron chi connectivity index (χ3n) is 3.67. The van der Waals surface area contributed by atoms with E-state index >= 15 is 0 Å². The Morgan fingerprint density at radius 3 is 2.75 bits per heavy atom. The van der Waals surface area contributed by atoms with Crippen LogP contribution in [0.5, 0.6) is 0 Å². The summed E-state index contributed by atoms with van der Waals surface area (Å²) in [6.07, 6.45) is 1.99. The highest BCUT2D eigenvalue weighted by molar-refractivity contribution is 9.10. The summed E-state index contributed by atoms with van der Waals surface area (Å²) in [7, 11) is 5.60. The molecule has 7 nitrogen and oxygen atoms in total. The molecule has 0 aliphatic carbocycles. The van der Waals surface area contributed by atoms with Gasteiger partial charge in [-0.15, -0.1) is 0 Å². The Kier molecular flexibility index (Phi) is 5.97. The molecular weight excluding hydrogens is 374 g/mol.